The number of thiol groups is 1. The van der Waals surface area contributed by atoms with Crippen LogP contribution in [0.2, 0.25) is 9.49 Å². The van der Waals surface area contributed by atoms with E-state index in [4.69, 9.17) is 23.2 Å². The summed E-state index contributed by atoms with van der Waals surface area (Å²) >= 11 is 15.3. The molecule has 0 saturated carbocycles. The highest BCUT2D eigenvalue weighted by Gasteiger charge is 2.09. The van der Waals surface area contributed by atoms with E-state index in [1.165, 1.54) is 0 Å². The van der Waals surface area contributed by atoms with E-state index >= 15 is 0 Å². The van der Waals surface area contributed by atoms with Gasteiger partial charge in [0.1, 0.15) is 4.34 Å². The maximum Gasteiger partial charge on any atom is 0.371 e. The molecule has 0 aliphatic heterocycles. The van der Waals surface area contributed by atoms with Crippen molar-refractivity contribution in [2.24, 2.45) is 0 Å². The summed E-state index contributed by atoms with van der Waals surface area (Å²) in [5.74, 6) is 0. The van der Waals surface area contributed by atoms with Crippen molar-refractivity contribution in [1.82, 2.24) is 4.98 Å². The molecule has 0 N–H and O–H groups in total. The van der Waals surface area contributed by atoms with Gasteiger partial charge in [-0.1, -0.05) is 47.2 Å². The number of hydrogen-bond acceptors (Lipinski definition) is 4. The van der Waals surface area contributed by atoms with E-state index in [-0.39, 0.29) is 14.7 Å². The standard InChI is InChI=1S/C4HCl2NO2S2/c5-1-2(6)11-3(7-1)9-4(8)10/h(H,8,10). The van der Waals surface area contributed by atoms with E-state index in [0.29, 0.717) is 0 Å². The third-order valence-corrected chi connectivity index (χ3v) is 2.41. The van der Waals surface area contributed by atoms with Gasteiger partial charge in [-0.25, -0.2) is 4.79 Å². The first-order valence-corrected chi connectivity index (χ1v) is 4.34. The first-order chi connectivity index (χ1) is 5.09. The molecule has 0 atom stereocenters. The van der Waals surface area contributed by atoms with Gasteiger partial charge in [-0.05, 0) is 0 Å². The number of nitrogens with zero attached hydrogens (tertiary/aromatic N) is 1. The van der Waals surface area contributed by atoms with Crippen LogP contribution in [-0.4, -0.2) is 10.3 Å². The Morgan fingerprint density at radius 1 is 1.64 bits per heavy atom. The van der Waals surface area contributed by atoms with Crippen molar-refractivity contribution in [2.45, 2.75) is 0 Å². The van der Waals surface area contributed by atoms with Crippen molar-refractivity contribution in [2.75, 3.05) is 0 Å². The zero-order chi connectivity index (χ0) is 8.43. The van der Waals surface area contributed by atoms with E-state index in [0.717, 1.165) is 11.3 Å². The number of hydrogen-bond donors (Lipinski definition) is 1. The monoisotopic (exact) mass is 229 g/mol. The van der Waals surface area contributed by atoms with Crippen molar-refractivity contribution in [3.05, 3.63) is 9.49 Å². The van der Waals surface area contributed by atoms with Crippen LogP contribution in [0.15, 0.2) is 0 Å². The van der Waals surface area contributed by atoms with Gasteiger partial charge in [0.15, 0.2) is 5.15 Å². The highest BCUT2D eigenvalue weighted by Crippen LogP contribution is 2.32. The largest absolute Gasteiger partial charge is 0.390 e. The van der Waals surface area contributed by atoms with Crippen LogP contribution in [0.1, 0.15) is 0 Å². The van der Waals surface area contributed by atoms with Gasteiger partial charge in [-0.3, -0.25) is 0 Å². The Balaban J connectivity index is 2.81. The summed E-state index contributed by atoms with van der Waals surface area (Å²) < 4.78 is 4.77. The lowest BCUT2D eigenvalue weighted by molar-refractivity contribution is 0.227. The second-order valence-electron chi connectivity index (χ2n) is 1.41. The molecule has 1 rings (SSSR count). The van der Waals surface area contributed by atoms with Crippen molar-refractivity contribution in [1.29, 1.82) is 0 Å². The highest BCUT2D eigenvalue weighted by atomic mass is 35.5. The minimum absolute atomic E-state index is 0.0972. The maximum atomic E-state index is 10.3. The van der Waals surface area contributed by atoms with Crippen molar-refractivity contribution in [3.63, 3.8) is 0 Å². The normalized spacial score (nSPS) is 9.73. The third-order valence-electron chi connectivity index (χ3n) is 0.703. The van der Waals surface area contributed by atoms with E-state index in [1.807, 2.05) is 0 Å². The first-order valence-electron chi connectivity index (χ1n) is 2.32. The molecular formula is C4HCl2NO2S2. The van der Waals surface area contributed by atoms with E-state index in [1.54, 1.807) is 0 Å². The van der Waals surface area contributed by atoms with Gasteiger partial charge in [0, 0.05) is 0 Å². The van der Waals surface area contributed by atoms with Crippen LogP contribution in [0.3, 0.4) is 0 Å². The van der Waals surface area contributed by atoms with E-state index in [2.05, 4.69) is 22.3 Å². The molecule has 11 heavy (non-hydrogen) atoms. The number of halogens is 2. The summed E-state index contributed by atoms with van der Waals surface area (Å²) in [6.45, 7) is 0. The van der Waals surface area contributed by atoms with Crippen LogP contribution in [0.5, 0.6) is 5.19 Å². The Kier molecular flexibility index (Phi) is 3.00. The topological polar surface area (TPSA) is 39.2 Å². The van der Waals surface area contributed by atoms with Crippen LogP contribution in [0.4, 0.5) is 4.79 Å². The lowest BCUT2D eigenvalue weighted by Crippen LogP contribution is -1.94. The molecule has 0 aliphatic carbocycles. The van der Waals surface area contributed by atoms with Gasteiger partial charge < -0.3 is 4.74 Å². The number of aromatic nitrogens is 1. The molecule has 0 unspecified atom stereocenters. The molecule has 1 aromatic rings. The summed E-state index contributed by atoms with van der Waals surface area (Å²) in [6, 6.07) is 0. The van der Waals surface area contributed by atoms with Gasteiger partial charge in [-0.15, -0.1) is 0 Å². The Morgan fingerprint density at radius 2 is 2.27 bits per heavy atom. The molecule has 0 spiro atoms. The average molecular weight is 230 g/mol. The molecular weight excluding hydrogens is 229 g/mol. The molecule has 0 aromatic carbocycles. The fourth-order valence-corrected chi connectivity index (χ4v) is 1.55. The van der Waals surface area contributed by atoms with Crippen LogP contribution in [0.25, 0.3) is 0 Å². The van der Waals surface area contributed by atoms with Gasteiger partial charge in [0.25, 0.3) is 5.19 Å². The van der Waals surface area contributed by atoms with Crippen molar-refractivity contribution >= 4 is 52.5 Å². The number of ether oxygens (including phenoxy) is 1. The quantitative estimate of drug-likeness (QED) is 0.595. The van der Waals surface area contributed by atoms with Crippen molar-refractivity contribution < 1.29 is 9.53 Å². The van der Waals surface area contributed by atoms with Crippen LogP contribution >= 0.6 is 47.2 Å². The van der Waals surface area contributed by atoms with Crippen molar-refractivity contribution in [3.8, 4) is 5.19 Å². The van der Waals surface area contributed by atoms with Crippen LogP contribution < -0.4 is 4.74 Å². The molecule has 7 heteroatoms. The molecule has 1 heterocycles. The molecule has 0 fully saturated rings. The van der Waals surface area contributed by atoms with Gasteiger partial charge in [-0.2, -0.15) is 4.98 Å². The summed E-state index contributed by atoms with van der Waals surface area (Å²) in [5, 5.41) is -0.520. The average Bonchev–Trinajstić information content (AvgIpc) is 2.10. The number of thiazole rings is 1. The maximum absolute atomic E-state index is 10.3. The Labute approximate surface area is 81.7 Å². The summed E-state index contributed by atoms with van der Waals surface area (Å²) in [5.41, 5.74) is 0. The molecule has 0 bridgehead atoms. The Bertz CT molecular complexity index is 268. The molecule has 3 nitrogen and oxygen atoms in total. The zero-order valence-electron chi connectivity index (χ0n) is 4.88. The van der Waals surface area contributed by atoms with Gasteiger partial charge in [0.05, 0.1) is 0 Å². The fraction of sp³-hybridized carbons (Fsp3) is 0. The zero-order valence-corrected chi connectivity index (χ0v) is 8.10. The number of carbonyl (C=O) groups is 1. The van der Waals surface area contributed by atoms with Crippen LogP contribution in [-0.2, 0) is 0 Å². The summed E-state index contributed by atoms with van der Waals surface area (Å²) in [4.78, 5) is 13.9. The van der Waals surface area contributed by atoms with Crippen LogP contribution in [0, 0.1) is 0 Å². The summed E-state index contributed by atoms with van der Waals surface area (Å²) in [6.07, 6.45) is 0. The molecule has 60 valence electrons. The second-order valence-corrected chi connectivity index (χ2v) is 3.70. The molecule has 0 amide bonds. The fourth-order valence-electron chi connectivity index (χ4n) is 0.384. The third kappa shape index (κ3) is 2.52. The van der Waals surface area contributed by atoms with Gasteiger partial charge in [0.2, 0.25) is 0 Å². The summed E-state index contributed by atoms with van der Waals surface area (Å²) in [7, 11) is 0. The lowest BCUT2D eigenvalue weighted by Gasteiger charge is -1.89. The van der Waals surface area contributed by atoms with Gasteiger partial charge >= 0.3 is 5.30 Å². The van der Waals surface area contributed by atoms with E-state index < -0.39 is 5.30 Å². The SMILES string of the molecule is O=C(S)Oc1nc(Cl)c(Cl)s1. The van der Waals surface area contributed by atoms with E-state index in [9.17, 15) is 4.79 Å². The minimum atomic E-state index is -0.743. The molecule has 0 saturated heterocycles. The predicted molar refractivity (Wildman–Crippen MR) is 47.1 cm³/mol. The smallest absolute Gasteiger partial charge is 0.371 e. The Hall–Kier alpha value is 0.0300. The Morgan fingerprint density at radius 3 is 2.64 bits per heavy atom. The first kappa shape index (κ1) is 9.12. The molecule has 0 radical (unpaired) electrons. The number of carbonyl (C=O) groups excluding carboxylic acids is 1. The number of rotatable bonds is 1. The molecule has 1 aromatic heterocycles. The second kappa shape index (κ2) is 3.62. The molecule has 0 aliphatic rings. The predicted octanol–water partition coefficient (Wildman–Crippen LogP) is 2.88. The lowest BCUT2D eigenvalue weighted by atomic mass is 11.0. The minimum Gasteiger partial charge on any atom is -0.390 e. The highest BCUT2D eigenvalue weighted by molar-refractivity contribution is 7.96.